The predicted octanol–water partition coefficient (Wildman–Crippen LogP) is 3.86. The van der Waals surface area contributed by atoms with E-state index in [1.165, 1.54) is 5.56 Å². The lowest BCUT2D eigenvalue weighted by Crippen LogP contribution is -2.51. The second-order valence-corrected chi connectivity index (χ2v) is 10.3. The maximum absolute atomic E-state index is 13.6. The Morgan fingerprint density at radius 2 is 1.72 bits per heavy atom. The molecule has 0 aliphatic carbocycles. The molecule has 0 bridgehead atoms. The number of nitrogens with zero attached hydrogens (tertiary/aromatic N) is 3. The van der Waals surface area contributed by atoms with Crippen molar-refractivity contribution in [3.05, 3.63) is 65.4 Å². The van der Waals surface area contributed by atoms with Gasteiger partial charge in [-0.2, -0.15) is 0 Å². The molecule has 1 N–H and O–H groups in total. The van der Waals surface area contributed by atoms with Crippen LogP contribution in [0.4, 0.5) is 0 Å². The first-order valence-electron chi connectivity index (χ1n) is 13.0. The van der Waals surface area contributed by atoms with Gasteiger partial charge in [-0.1, -0.05) is 18.2 Å². The maximum atomic E-state index is 13.6. The monoisotopic (exact) mass is 488 g/mol. The summed E-state index contributed by atoms with van der Waals surface area (Å²) in [5, 5.41) is 1.09. The average Bonchev–Trinajstić information content (AvgIpc) is 3.18. The molecule has 0 unspecified atom stereocenters. The summed E-state index contributed by atoms with van der Waals surface area (Å²) in [6.45, 7) is 8.55. The van der Waals surface area contributed by atoms with Crippen molar-refractivity contribution >= 4 is 22.7 Å². The second kappa shape index (κ2) is 10.3. The van der Waals surface area contributed by atoms with E-state index in [-0.39, 0.29) is 23.8 Å². The predicted molar refractivity (Wildman–Crippen MR) is 141 cm³/mol. The molecule has 36 heavy (non-hydrogen) atoms. The Balaban J connectivity index is 1.33. The van der Waals surface area contributed by atoms with E-state index in [9.17, 15) is 9.59 Å². The molecule has 2 fully saturated rings. The van der Waals surface area contributed by atoms with Crippen LogP contribution in [0.2, 0.25) is 0 Å². The normalized spacial score (nSPS) is 21.1. The topological polar surface area (TPSA) is 68.9 Å². The Kier molecular flexibility index (Phi) is 7.01. The van der Waals surface area contributed by atoms with Gasteiger partial charge in [0.2, 0.25) is 5.91 Å². The number of para-hydroxylation sites is 1. The molecule has 2 amide bonds. The molecular weight excluding hydrogens is 452 g/mol. The Morgan fingerprint density at radius 3 is 2.47 bits per heavy atom. The number of carbonyl (C=O) groups excluding carboxylic acids is 2. The molecular formula is C29H36N4O3. The van der Waals surface area contributed by atoms with Gasteiger partial charge >= 0.3 is 0 Å². The van der Waals surface area contributed by atoms with Crippen LogP contribution in [-0.4, -0.2) is 83.9 Å². The highest BCUT2D eigenvalue weighted by atomic mass is 16.5. The molecule has 5 rings (SSSR count). The number of likely N-dealkylation sites (N-methyl/N-ethyl adjacent to an activating group) is 1. The molecule has 0 radical (unpaired) electrons. The average molecular weight is 489 g/mol. The van der Waals surface area contributed by atoms with Gasteiger partial charge < -0.3 is 24.4 Å². The zero-order valence-electron chi connectivity index (χ0n) is 21.5. The lowest BCUT2D eigenvalue weighted by molar-refractivity contribution is -0.135. The highest BCUT2D eigenvalue weighted by Gasteiger charge is 2.36. The number of rotatable bonds is 5. The quantitative estimate of drug-likeness (QED) is 0.592. The minimum atomic E-state index is -0.107. The molecule has 3 aromatic rings. The lowest BCUT2D eigenvalue weighted by Gasteiger charge is -2.40. The number of aryl methyl sites for hydroxylation is 2. The summed E-state index contributed by atoms with van der Waals surface area (Å²) in [6.07, 6.45) is 0.983. The minimum absolute atomic E-state index is 0.0189. The molecule has 190 valence electrons. The number of ether oxygens (including phenoxy) is 1. The molecule has 0 spiro atoms. The minimum Gasteiger partial charge on any atom is -0.490 e. The van der Waals surface area contributed by atoms with Crippen LogP contribution in [0, 0.1) is 19.8 Å². The number of aromatic amines is 1. The summed E-state index contributed by atoms with van der Waals surface area (Å²) >= 11 is 0. The van der Waals surface area contributed by atoms with Crippen LogP contribution >= 0.6 is 0 Å². The van der Waals surface area contributed by atoms with Crippen LogP contribution in [0.1, 0.15) is 34.5 Å². The standard InChI is InChI=1S/C29H36N4O3/c1-20-21(2)30-26-10-9-22(17-25(20)26)29(35)33-12-11-27(36-24-7-5-4-6-8-24)23(19-33)18-28(34)32-15-13-31(3)14-16-32/h4-10,17,23,27,30H,11-16,18-19H2,1-3H3/t23-,27-/m0/s1. The number of likely N-dealkylation sites (tertiary alicyclic amines) is 1. The number of benzene rings is 2. The van der Waals surface area contributed by atoms with E-state index < -0.39 is 0 Å². The van der Waals surface area contributed by atoms with Crippen LogP contribution in [0.15, 0.2) is 48.5 Å². The van der Waals surface area contributed by atoms with E-state index in [0.717, 1.165) is 48.5 Å². The van der Waals surface area contributed by atoms with E-state index >= 15 is 0 Å². The first kappa shape index (κ1) is 24.4. The number of hydrogen-bond donors (Lipinski definition) is 1. The summed E-state index contributed by atoms with van der Waals surface area (Å²) in [5.74, 6) is 0.923. The molecule has 2 aliphatic heterocycles. The SMILES string of the molecule is Cc1[nH]c2ccc(C(=O)N3CC[C@H](Oc4ccccc4)[C@@H](CC(=O)N4CCN(C)CC4)C3)cc2c1C. The van der Waals surface area contributed by atoms with Crippen molar-refractivity contribution in [3.8, 4) is 5.75 Å². The highest BCUT2D eigenvalue weighted by molar-refractivity contribution is 5.99. The lowest BCUT2D eigenvalue weighted by atomic mass is 9.90. The Bertz CT molecular complexity index is 1230. The van der Waals surface area contributed by atoms with Gasteiger partial charge in [0.1, 0.15) is 11.9 Å². The van der Waals surface area contributed by atoms with Crippen molar-refractivity contribution in [3.63, 3.8) is 0 Å². The van der Waals surface area contributed by atoms with Gasteiger partial charge in [0.15, 0.2) is 0 Å². The maximum Gasteiger partial charge on any atom is 0.253 e. The Morgan fingerprint density at radius 1 is 0.972 bits per heavy atom. The fourth-order valence-electron chi connectivity index (χ4n) is 5.41. The second-order valence-electron chi connectivity index (χ2n) is 10.3. The third-order valence-electron chi connectivity index (χ3n) is 7.83. The fraction of sp³-hybridized carbons (Fsp3) is 0.448. The number of piperazine rings is 1. The van der Waals surface area contributed by atoms with Crippen LogP contribution in [0.25, 0.3) is 10.9 Å². The van der Waals surface area contributed by atoms with E-state index in [1.807, 2.05) is 58.3 Å². The van der Waals surface area contributed by atoms with Gasteiger partial charge in [-0.3, -0.25) is 9.59 Å². The van der Waals surface area contributed by atoms with Gasteiger partial charge in [0.25, 0.3) is 5.91 Å². The largest absolute Gasteiger partial charge is 0.490 e. The number of piperidine rings is 1. The van der Waals surface area contributed by atoms with Crippen LogP contribution in [0.5, 0.6) is 5.75 Å². The molecule has 3 heterocycles. The van der Waals surface area contributed by atoms with E-state index in [1.54, 1.807) is 0 Å². The highest BCUT2D eigenvalue weighted by Crippen LogP contribution is 2.29. The van der Waals surface area contributed by atoms with Gasteiger partial charge in [-0.15, -0.1) is 0 Å². The number of amides is 2. The smallest absolute Gasteiger partial charge is 0.253 e. The van der Waals surface area contributed by atoms with Crippen molar-refractivity contribution in [1.82, 2.24) is 19.7 Å². The van der Waals surface area contributed by atoms with E-state index in [2.05, 4.69) is 30.8 Å². The number of nitrogens with one attached hydrogen (secondary N) is 1. The molecule has 2 saturated heterocycles. The molecule has 2 atom stereocenters. The summed E-state index contributed by atoms with van der Waals surface area (Å²) in [7, 11) is 2.09. The van der Waals surface area contributed by atoms with Crippen molar-refractivity contribution in [2.75, 3.05) is 46.3 Å². The van der Waals surface area contributed by atoms with Crippen molar-refractivity contribution in [1.29, 1.82) is 0 Å². The molecule has 2 aromatic carbocycles. The van der Waals surface area contributed by atoms with Gasteiger partial charge in [0, 0.05) is 80.2 Å². The summed E-state index contributed by atoms with van der Waals surface area (Å²) in [5.41, 5.74) is 4.03. The zero-order chi connectivity index (χ0) is 25.2. The zero-order valence-corrected chi connectivity index (χ0v) is 21.5. The van der Waals surface area contributed by atoms with E-state index in [4.69, 9.17) is 4.74 Å². The third-order valence-corrected chi connectivity index (χ3v) is 7.83. The molecule has 2 aliphatic rings. The number of H-pyrrole nitrogens is 1. The number of aromatic nitrogens is 1. The first-order valence-corrected chi connectivity index (χ1v) is 13.0. The molecule has 1 aromatic heterocycles. The molecule has 7 nitrogen and oxygen atoms in total. The van der Waals surface area contributed by atoms with Crippen LogP contribution in [0.3, 0.4) is 0 Å². The third kappa shape index (κ3) is 5.12. The van der Waals surface area contributed by atoms with Crippen molar-refractivity contribution in [2.45, 2.75) is 32.8 Å². The molecule has 0 saturated carbocycles. The van der Waals surface area contributed by atoms with Crippen LogP contribution in [-0.2, 0) is 4.79 Å². The van der Waals surface area contributed by atoms with Gasteiger partial charge in [0.05, 0.1) is 0 Å². The van der Waals surface area contributed by atoms with Gasteiger partial charge in [-0.05, 0) is 56.8 Å². The van der Waals surface area contributed by atoms with Crippen molar-refractivity contribution in [2.24, 2.45) is 5.92 Å². The number of hydrogen-bond acceptors (Lipinski definition) is 4. The Hall–Kier alpha value is -3.32. The van der Waals surface area contributed by atoms with E-state index in [0.29, 0.717) is 31.5 Å². The fourth-order valence-corrected chi connectivity index (χ4v) is 5.41. The van der Waals surface area contributed by atoms with Crippen molar-refractivity contribution < 1.29 is 14.3 Å². The summed E-state index contributed by atoms with van der Waals surface area (Å²) < 4.78 is 6.36. The Labute approximate surface area is 213 Å². The molecule has 7 heteroatoms. The van der Waals surface area contributed by atoms with Gasteiger partial charge in [-0.25, -0.2) is 0 Å². The summed E-state index contributed by atoms with van der Waals surface area (Å²) in [4.78, 5) is 36.3. The first-order chi connectivity index (χ1) is 17.4. The summed E-state index contributed by atoms with van der Waals surface area (Å²) in [6, 6.07) is 15.7. The van der Waals surface area contributed by atoms with Crippen LogP contribution < -0.4 is 4.74 Å². The number of fused-ring (bicyclic) bond motifs is 1. The number of carbonyl (C=O) groups is 2.